The molecule has 3 aliphatic rings. The first-order chi connectivity index (χ1) is 49.0. The molecule has 14 nitrogen and oxygen atoms in total. The summed E-state index contributed by atoms with van der Waals surface area (Å²) in [5, 5.41) is 24.3. The number of likely N-dealkylation sites (tertiary alicyclic amines) is 1. The second-order valence-electron chi connectivity index (χ2n) is 25.0. The van der Waals surface area contributed by atoms with Gasteiger partial charge in [0.05, 0.1) is 42.6 Å². The number of halogens is 2. The zero-order chi connectivity index (χ0) is 72.1. The summed E-state index contributed by atoms with van der Waals surface area (Å²) < 4.78 is 15.0. The second kappa shape index (κ2) is 46.6. The molecule has 3 heterocycles. The number of carboxylic acids is 1. The summed E-state index contributed by atoms with van der Waals surface area (Å²) in [4.78, 5) is 50.7. The van der Waals surface area contributed by atoms with E-state index in [1.165, 1.54) is 42.4 Å². The van der Waals surface area contributed by atoms with Gasteiger partial charge in [-0.1, -0.05) is 240 Å². The molecule has 0 radical (unpaired) electrons. The van der Waals surface area contributed by atoms with Crippen LogP contribution in [-0.4, -0.2) is 98.4 Å². The molecule has 0 saturated carbocycles. The van der Waals surface area contributed by atoms with E-state index in [1.54, 1.807) is 6.92 Å². The summed E-state index contributed by atoms with van der Waals surface area (Å²) >= 11 is 12.5. The number of para-hydroxylation sites is 3. The Morgan fingerprint density at radius 3 is 1.32 bits per heavy atom. The Kier molecular flexibility index (Phi) is 38.3. The number of benzene rings is 9. The number of anilines is 3. The third-order valence-corrected chi connectivity index (χ3v) is 18.0. The molecule has 0 aliphatic carbocycles. The molecule has 538 valence electrons. The number of carboxylic acid groups (broad SMARTS) is 1. The predicted molar refractivity (Wildman–Crippen MR) is 416 cm³/mol. The maximum Gasteiger partial charge on any atom is 1.00 e. The van der Waals surface area contributed by atoms with Crippen LogP contribution < -0.4 is 40.1 Å². The number of nitrogens with zero attached hydrogens (tertiary/aromatic N) is 1. The van der Waals surface area contributed by atoms with Crippen LogP contribution in [0.1, 0.15) is 138 Å². The Hall–Kier alpha value is -8.94. The third kappa shape index (κ3) is 28.7. The average Bonchev–Trinajstić information content (AvgIpc) is 1.72. The normalized spacial score (nSPS) is 14.7. The largest absolute Gasteiger partial charge is 1.00 e. The fourth-order valence-electron chi connectivity index (χ4n) is 11.6. The summed E-state index contributed by atoms with van der Waals surface area (Å²) in [5.74, 6) is -2.29. The molecular weight excluding hydrogens is 1320 g/mol. The number of carbonyl (C=O) groups excluding carboxylic acids is 3. The van der Waals surface area contributed by atoms with E-state index >= 15 is 0 Å². The van der Waals surface area contributed by atoms with Crippen molar-refractivity contribution in [2.24, 2.45) is 0 Å². The molecule has 3 aliphatic heterocycles. The molecule has 0 spiro atoms. The quantitative estimate of drug-likeness (QED) is 0.0259. The SMILES string of the molecule is C1CCOC1.C=C(C(=O)OCC)c1ccc(C)cc1.CCOC(=O)C(CNc1ccccc1)c1ccc(C)cc1.Cc1ccc(C(CNc2ccccc2)C(=O)N2CCCC2c2ccccc2Cl)cc1.Cc1ccc(C(CNc2ccccc2)C(=O)O)cc1.Clc1ccccc1C1CCCN1.[Li+].[OH-]. The summed E-state index contributed by atoms with van der Waals surface area (Å²) in [6.45, 7) is 21.5. The van der Waals surface area contributed by atoms with Gasteiger partial charge in [0.25, 0.3) is 0 Å². The minimum absolute atomic E-state index is 0. The van der Waals surface area contributed by atoms with Gasteiger partial charge < -0.3 is 51.0 Å². The van der Waals surface area contributed by atoms with Crippen LogP contribution in [0, 0.1) is 27.7 Å². The minimum atomic E-state index is -0.813. The summed E-state index contributed by atoms with van der Waals surface area (Å²) in [6, 6.07) is 77.6. The first-order valence-electron chi connectivity index (χ1n) is 35.0. The van der Waals surface area contributed by atoms with E-state index in [9.17, 15) is 24.3 Å². The van der Waals surface area contributed by atoms with E-state index in [0.717, 1.165) is 105 Å². The van der Waals surface area contributed by atoms with Crippen molar-refractivity contribution in [2.45, 2.75) is 110 Å². The molecular formula is C86H100Cl2LiN5O9. The zero-order valence-corrected chi connectivity index (χ0v) is 62.2. The molecule has 0 aromatic heterocycles. The number of hydrogen-bond acceptors (Lipinski definition) is 12. The van der Waals surface area contributed by atoms with E-state index in [4.69, 9.17) is 37.4 Å². The molecule has 0 bridgehead atoms. The molecule has 3 saturated heterocycles. The van der Waals surface area contributed by atoms with Crippen LogP contribution in [0.3, 0.4) is 0 Å². The topological polar surface area (TPSA) is 198 Å². The van der Waals surface area contributed by atoms with Crippen molar-refractivity contribution in [1.82, 2.24) is 10.2 Å². The van der Waals surface area contributed by atoms with Gasteiger partial charge in [0, 0.05) is 72.5 Å². The van der Waals surface area contributed by atoms with Crippen molar-refractivity contribution in [3.05, 3.63) is 309 Å². The monoisotopic (exact) mass is 1420 g/mol. The van der Waals surface area contributed by atoms with Crippen molar-refractivity contribution < 1.29 is 62.8 Å². The van der Waals surface area contributed by atoms with Crippen molar-refractivity contribution in [1.29, 1.82) is 0 Å². The first-order valence-corrected chi connectivity index (χ1v) is 35.8. The van der Waals surface area contributed by atoms with Crippen molar-refractivity contribution in [2.75, 3.05) is 75.1 Å². The van der Waals surface area contributed by atoms with E-state index in [-0.39, 0.29) is 60.1 Å². The Bertz CT molecular complexity index is 3910. The van der Waals surface area contributed by atoms with Crippen LogP contribution in [0.4, 0.5) is 17.1 Å². The summed E-state index contributed by atoms with van der Waals surface area (Å²) in [7, 11) is 0. The van der Waals surface area contributed by atoms with Gasteiger partial charge in [-0.25, -0.2) is 4.79 Å². The molecule has 9 aromatic carbocycles. The average molecular weight is 1430 g/mol. The third-order valence-electron chi connectivity index (χ3n) is 17.3. The minimum Gasteiger partial charge on any atom is -0.870 e. The molecule has 3 fully saturated rings. The van der Waals surface area contributed by atoms with Crippen molar-refractivity contribution >= 4 is 69.7 Å². The van der Waals surface area contributed by atoms with Gasteiger partial charge in [-0.15, -0.1) is 0 Å². The molecule has 1 amide bonds. The van der Waals surface area contributed by atoms with Gasteiger partial charge in [0.2, 0.25) is 5.91 Å². The molecule has 5 unspecified atom stereocenters. The van der Waals surface area contributed by atoms with Gasteiger partial charge in [0.1, 0.15) is 0 Å². The van der Waals surface area contributed by atoms with E-state index < -0.39 is 11.9 Å². The molecule has 5 atom stereocenters. The van der Waals surface area contributed by atoms with E-state index in [0.29, 0.717) is 44.5 Å². The number of rotatable bonds is 21. The Labute approximate surface area is 632 Å². The molecule has 6 N–H and O–H groups in total. The van der Waals surface area contributed by atoms with Crippen LogP contribution in [0.2, 0.25) is 10.0 Å². The summed E-state index contributed by atoms with van der Waals surface area (Å²) in [6.07, 6.45) is 6.97. The zero-order valence-electron chi connectivity index (χ0n) is 60.7. The number of ether oxygens (including phenoxy) is 3. The van der Waals surface area contributed by atoms with Crippen LogP contribution in [0.25, 0.3) is 5.57 Å². The van der Waals surface area contributed by atoms with Crippen LogP contribution in [0.15, 0.2) is 243 Å². The standard InChI is InChI=1S/C26H27ClN2O.C18H21NO2.C16H17NO2.C12H14O2.C10H12ClN.C4H8O.Li.H2O/c1-19-13-15-20(16-14-19)23(18-28-21-8-3-2-4-9-21)26(30)29-17-7-12-25(29)22-10-5-6-11-24(22)27;1-3-21-18(20)17(15-11-9-14(2)10-12-15)13-19-16-7-5-4-6-8-16;1-12-7-9-13(10-8-12)15(16(18)19)11-17-14-5-3-2-4-6-14;1-4-14-12(13)10(3)11-7-5-9(2)6-8-11;11-9-5-2-1-4-8(9)10-6-3-7-12-10;1-2-4-5-3-1;;/h2-6,8-11,13-16,23,25,28H,7,12,17-18H2,1H3;4-12,17,19H,3,13H2,1-2H3;2-10,15,17H,11H2,1H3,(H,18,19);5-8H,3-4H2,1-2H3;1-2,4-5,10,12H,3,6-7H2;1-4H2;;1H2/q;;;;;;+1;/p-1. The fourth-order valence-corrected chi connectivity index (χ4v) is 12.1. The van der Waals surface area contributed by atoms with Crippen LogP contribution in [0.5, 0.6) is 0 Å². The van der Waals surface area contributed by atoms with Gasteiger partial charge in [-0.3, -0.25) is 14.4 Å². The van der Waals surface area contributed by atoms with Gasteiger partial charge in [-0.05, 0) is 169 Å². The van der Waals surface area contributed by atoms with Gasteiger partial charge >= 0.3 is 36.8 Å². The van der Waals surface area contributed by atoms with Crippen LogP contribution in [-0.2, 0) is 33.4 Å². The maximum atomic E-state index is 13.8. The van der Waals surface area contributed by atoms with Crippen molar-refractivity contribution in [3.8, 4) is 0 Å². The number of amides is 1. The number of carbonyl (C=O) groups is 4. The number of aryl methyl sites for hydroxylation is 4. The van der Waals surface area contributed by atoms with Gasteiger partial charge in [0.15, 0.2) is 0 Å². The number of nitrogens with one attached hydrogen (secondary N) is 4. The fraction of sp³-hybridized carbons (Fsp3) is 0.302. The van der Waals surface area contributed by atoms with Gasteiger partial charge in [-0.2, -0.15) is 0 Å². The summed E-state index contributed by atoms with van der Waals surface area (Å²) in [5.41, 5.74) is 14.0. The Morgan fingerprint density at radius 2 is 0.913 bits per heavy atom. The number of aliphatic carboxylic acids is 1. The molecule has 103 heavy (non-hydrogen) atoms. The van der Waals surface area contributed by atoms with Crippen LogP contribution >= 0.6 is 23.2 Å². The van der Waals surface area contributed by atoms with Crippen molar-refractivity contribution in [3.63, 3.8) is 0 Å². The second-order valence-corrected chi connectivity index (χ2v) is 25.8. The Balaban J connectivity index is 0.000000234. The maximum absolute atomic E-state index is 13.8. The predicted octanol–water partition coefficient (Wildman–Crippen LogP) is 16.2. The molecule has 17 heteroatoms. The van der Waals surface area contributed by atoms with E-state index in [2.05, 4.69) is 65.1 Å². The first kappa shape index (κ1) is 84.7. The smallest absolute Gasteiger partial charge is 0.870 e. The molecule has 9 aromatic rings. The number of hydrogen-bond donors (Lipinski definition) is 5. The molecule has 12 rings (SSSR count). The number of esters is 2. The Morgan fingerprint density at radius 1 is 0.515 bits per heavy atom. The van der Waals surface area contributed by atoms with E-state index in [1.807, 2.05) is 239 Å².